The van der Waals surface area contributed by atoms with E-state index in [-0.39, 0.29) is 36.7 Å². The minimum Gasteiger partial charge on any atom is -0.443 e. The van der Waals surface area contributed by atoms with Crippen LogP contribution in [0.2, 0.25) is 0 Å². The lowest BCUT2D eigenvalue weighted by Crippen LogP contribution is -2.55. The maximum absolute atomic E-state index is 13.4. The molecule has 0 saturated heterocycles. The molecule has 0 bridgehead atoms. The van der Waals surface area contributed by atoms with Crippen molar-refractivity contribution in [3.8, 4) is 0 Å². The molecule has 0 aliphatic carbocycles. The molecule has 13 nitrogen and oxygen atoms in total. The van der Waals surface area contributed by atoms with Gasteiger partial charge in [-0.1, -0.05) is 55.4 Å². The first-order valence-electron chi connectivity index (χ1n) is 15.9. The molecule has 46 heavy (non-hydrogen) atoms. The highest BCUT2D eigenvalue weighted by atomic mass is 32.2. The van der Waals surface area contributed by atoms with Gasteiger partial charge in [0.05, 0.1) is 28.6 Å². The molecule has 1 aromatic rings. The van der Waals surface area contributed by atoms with Crippen molar-refractivity contribution in [2.45, 2.75) is 112 Å². The van der Waals surface area contributed by atoms with Gasteiger partial charge >= 0.3 is 6.09 Å². The van der Waals surface area contributed by atoms with Crippen molar-refractivity contribution in [2.24, 2.45) is 23.7 Å². The van der Waals surface area contributed by atoms with Crippen LogP contribution in [0.5, 0.6) is 0 Å². The third kappa shape index (κ3) is 15.2. The number of carbonyl (C=O) groups excluding carboxylic acids is 4. The van der Waals surface area contributed by atoms with E-state index in [4.69, 9.17) is 4.74 Å². The first-order valence-corrected chi connectivity index (χ1v) is 18.7. The molecule has 0 aliphatic rings. The van der Waals surface area contributed by atoms with E-state index in [1.54, 1.807) is 6.92 Å². The molecule has 15 heteroatoms. The van der Waals surface area contributed by atoms with Crippen LogP contribution >= 0.6 is 11.3 Å². The van der Waals surface area contributed by atoms with E-state index < -0.39 is 63.6 Å². The quantitative estimate of drug-likeness (QED) is 0.145. The van der Waals surface area contributed by atoms with E-state index in [1.807, 2.05) is 55.4 Å². The van der Waals surface area contributed by atoms with E-state index in [0.717, 1.165) is 22.6 Å². The second-order valence-electron chi connectivity index (χ2n) is 13.1. The molecule has 1 aromatic heterocycles. The number of aliphatic hydroxyl groups excluding tert-OH is 1. The van der Waals surface area contributed by atoms with Gasteiger partial charge < -0.3 is 31.1 Å². The number of hydrogen-bond donors (Lipinski definition) is 5. The summed E-state index contributed by atoms with van der Waals surface area (Å²) in [5, 5.41) is 22.7. The lowest BCUT2D eigenvalue weighted by molar-refractivity contribution is -0.132. The Hall–Kier alpha value is -2.78. The van der Waals surface area contributed by atoms with E-state index in [9.17, 15) is 32.7 Å². The molecule has 5 atom stereocenters. The summed E-state index contributed by atoms with van der Waals surface area (Å²) in [4.78, 5) is 57.0. The molecule has 1 heterocycles. The molecule has 4 amide bonds. The van der Waals surface area contributed by atoms with E-state index in [0.29, 0.717) is 18.7 Å². The van der Waals surface area contributed by atoms with Crippen molar-refractivity contribution < 1.29 is 37.4 Å². The number of nitrogens with zero attached hydrogens (tertiary/aromatic N) is 1. The minimum absolute atomic E-state index is 0.0136. The van der Waals surface area contributed by atoms with Gasteiger partial charge in [0.1, 0.15) is 28.5 Å². The largest absolute Gasteiger partial charge is 0.443 e. The summed E-state index contributed by atoms with van der Waals surface area (Å²) in [5.41, 5.74) is 0.579. The van der Waals surface area contributed by atoms with Crippen LogP contribution in [0.25, 0.3) is 0 Å². The highest BCUT2D eigenvalue weighted by Crippen LogP contribution is 2.19. The van der Waals surface area contributed by atoms with Crippen LogP contribution in [0.4, 0.5) is 4.79 Å². The normalized spacial score (nSPS) is 15.2. The molecule has 0 unspecified atom stereocenters. The van der Waals surface area contributed by atoms with Crippen LogP contribution in [-0.4, -0.2) is 85.1 Å². The minimum atomic E-state index is -3.72. The molecule has 0 aromatic carbocycles. The first kappa shape index (κ1) is 41.2. The zero-order valence-electron chi connectivity index (χ0n) is 28.9. The van der Waals surface area contributed by atoms with Gasteiger partial charge in [0.25, 0.3) is 0 Å². The standard InChI is InChI=1S/C31H55N5O8S2/c1-11-26-33-23(21(9)45-26)15-44-31(41)35-24(16-46(10,42)43)29(39)34-22(12-17(2)3)25(37)13-20(8)28(38)36-27(19(6)7)30(40)32-14-18(4)5/h17-20,22,24-25,27,37H,11-16H2,1-10H3,(H,32,40)(H,34,39)(H,35,41)(H,36,38)/t20-,22-,24+,25+,27-/m1/s1. The molecule has 0 aliphatic heterocycles. The maximum atomic E-state index is 13.4. The van der Waals surface area contributed by atoms with Gasteiger partial charge in [0.15, 0.2) is 0 Å². The van der Waals surface area contributed by atoms with Crippen molar-refractivity contribution in [1.82, 2.24) is 26.3 Å². The summed E-state index contributed by atoms with van der Waals surface area (Å²) in [6.07, 6.45) is -0.231. The number of thiazole rings is 1. The van der Waals surface area contributed by atoms with Crippen molar-refractivity contribution in [3.05, 3.63) is 15.6 Å². The van der Waals surface area contributed by atoms with E-state index in [1.165, 1.54) is 11.3 Å². The lowest BCUT2D eigenvalue weighted by atomic mass is 9.91. The Kier molecular flexibility index (Phi) is 17.2. The predicted octanol–water partition coefficient (Wildman–Crippen LogP) is 2.48. The Bertz CT molecular complexity index is 1270. The predicted molar refractivity (Wildman–Crippen MR) is 179 cm³/mol. The van der Waals surface area contributed by atoms with Crippen LogP contribution in [0.1, 0.15) is 83.8 Å². The first-order chi connectivity index (χ1) is 21.2. The maximum Gasteiger partial charge on any atom is 0.408 e. The summed E-state index contributed by atoms with van der Waals surface area (Å²) in [6.45, 7) is 17.1. The highest BCUT2D eigenvalue weighted by Gasteiger charge is 2.33. The Balaban J connectivity index is 2.98. The second kappa shape index (κ2) is 19.1. The molecular formula is C31H55N5O8S2. The third-order valence-corrected chi connectivity index (χ3v) is 9.25. The zero-order valence-corrected chi connectivity index (χ0v) is 30.6. The Labute approximate surface area is 278 Å². The number of hydrogen-bond acceptors (Lipinski definition) is 10. The molecular weight excluding hydrogens is 635 g/mol. The van der Waals surface area contributed by atoms with Crippen molar-refractivity contribution in [3.63, 3.8) is 0 Å². The third-order valence-electron chi connectivity index (χ3n) is 7.15. The van der Waals surface area contributed by atoms with Crippen LogP contribution in [0.15, 0.2) is 0 Å². The van der Waals surface area contributed by atoms with Gasteiger partial charge in [-0.05, 0) is 43.9 Å². The van der Waals surface area contributed by atoms with Gasteiger partial charge in [-0.15, -0.1) is 11.3 Å². The number of sulfone groups is 1. The Morgan fingerprint density at radius 1 is 0.913 bits per heavy atom. The fourth-order valence-corrected chi connectivity index (χ4v) is 6.27. The summed E-state index contributed by atoms with van der Waals surface area (Å²) in [5.74, 6) is -2.85. The number of nitrogens with one attached hydrogen (secondary N) is 4. The molecule has 5 N–H and O–H groups in total. The van der Waals surface area contributed by atoms with Crippen molar-refractivity contribution in [1.29, 1.82) is 0 Å². The van der Waals surface area contributed by atoms with E-state index in [2.05, 4.69) is 26.3 Å². The van der Waals surface area contributed by atoms with Crippen molar-refractivity contribution in [2.75, 3.05) is 18.6 Å². The van der Waals surface area contributed by atoms with E-state index >= 15 is 0 Å². The van der Waals surface area contributed by atoms with Crippen LogP contribution in [0, 0.1) is 30.6 Å². The highest BCUT2D eigenvalue weighted by molar-refractivity contribution is 7.90. The van der Waals surface area contributed by atoms with Gasteiger partial charge in [0.2, 0.25) is 17.7 Å². The molecule has 264 valence electrons. The fraction of sp³-hybridized carbons (Fsp3) is 0.774. The zero-order chi connectivity index (χ0) is 35.4. The van der Waals surface area contributed by atoms with Gasteiger partial charge in [-0.3, -0.25) is 14.4 Å². The number of rotatable bonds is 19. The number of alkyl carbamates (subject to hydrolysis) is 1. The molecule has 0 radical (unpaired) electrons. The average molecular weight is 690 g/mol. The van der Waals surface area contributed by atoms with Gasteiger partial charge in [-0.2, -0.15) is 0 Å². The SMILES string of the molecule is CCc1nc(COC(=O)N[C@@H](CS(C)(=O)=O)C(=O)N[C@H](CC(C)C)[C@@H](O)C[C@@H](C)C(=O)N[C@@H](C(=O)NCC(C)C)C(C)C)c(C)s1. The summed E-state index contributed by atoms with van der Waals surface area (Å²) < 4.78 is 29.6. The second-order valence-corrected chi connectivity index (χ2v) is 16.6. The lowest BCUT2D eigenvalue weighted by Gasteiger charge is -2.30. The summed E-state index contributed by atoms with van der Waals surface area (Å²) in [6, 6.07) is -3.11. The van der Waals surface area contributed by atoms with Crippen LogP contribution in [-0.2, 0) is 42.0 Å². The van der Waals surface area contributed by atoms with Crippen LogP contribution < -0.4 is 21.3 Å². The molecule has 1 rings (SSSR count). The summed E-state index contributed by atoms with van der Waals surface area (Å²) >= 11 is 1.49. The number of aryl methyl sites for hydroxylation is 2. The van der Waals surface area contributed by atoms with Crippen molar-refractivity contribution >= 4 is 45.0 Å². The number of aliphatic hydroxyl groups is 1. The van der Waals surface area contributed by atoms with Gasteiger partial charge in [-0.25, -0.2) is 18.2 Å². The fourth-order valence-electron chi connectivity index (χ4n) is 4.56. The molecule has 0 spiro atoms. The average Bonchev–Trinajstić information content (AvgIpc) is 3.30. The Morgan fingerprint density at radius 3 is 2.04 bits per heavy atom. The smallest absolute Gasteiger partial charge is 0.408 e. The number of ether oxygens (including phenoxy) is 1. The molecule has 0 saturated carbocycles. The summed E-state index contributed by atoms with van der Waals surface area (Å²) in [7, 11) is -3.72. The van der Waals surface area contributed by atoms with Gasteiger partial charge in [0, 0.05) is 23.6 Å². The molecule has 0 fully saturated rings. The topological polar surface area (TPSA) is 193 Å². The number of amides is 4. The number of aromatic nitrogens is 1. The van der Waals surface area contributed by atoms with Crippen LogP contribution in [0.3, 0.4) is 0 Å². The monoisotopic (exact) mass is 689 g/mol. The number of carbonyl (C=O) groups is 4. The Morgan fingerprint density at radius 2 is 1.54 bits per heavy atom.